The third-order valence-corrected chi connectivity index (χ3v) is 5.44. The number of rotatable bonds is 4. The van der Waals surface area contributed by atoms with Gasteiger partial charge in [-0.25, -0.2) is 4.79 Å². The Kier molecular flexibility index (Phi) is 5.23. The monoisotopic (exact) mass is 348 g/mol. The van der Waals surface area contributed by atoms with E-state index in [-0.39, 0.29) is 18.4 Å². The van der Waals surface area contributed by atoms with E-state index in [4.69, 9.17) is 4.74 Å². The number of aryl methyl sites for hydroxylation is 1. The van der Waals surface area contributed by atoms with E-state index in [2.05, 4.69) is 0 Å². The Bertz CT molecular complexity index is 739. The summed E-state index contributed by atoms with van der Waals surface area (Å²) in [6, 6.07) is 3.89. The maximum absolute atomic E-state index is 12.8. The van der Waals surface area contributed by atoms with Gasteiger partial charge in [0.2, 0.25) is 5.91 Å². The zero-order valence-electron chi connectivity index (χ0n) is 14.3. The van der Waals surface area contributed by atoms with Crippen molar-refractivity contribution in [3.63, 3.8) is 0 Å². The van der Waals surface area contributed by atoms with Gasteiger partial charge >= 0.3 is 5.97 Å². The zero-order chi connectivity index (χ0) is 17.1. The molecule has 24 heavy (non-hydrogen) atoms. The molecule has 6 heteroatoms. The van der Waals surface area contributed by atoms with Gasteiger partial charge in [0.1, 0.15) is 12.2 Å². The van der Waals surface area contributed by atoms with Crippen LogP contribution >= 0.6 is 11.3 Å². The van der Waals surface area contributed by atoms with Crippen LogP contribution in [0.5, 0.6) is 0 Å². The maximum atomic E-state index is 12.8. The second kappa shape index (κ2) is 7.38. The van der Waals surface area contributed by atoms with Crippen LogP contribution in [0.1, 0.15) is 48.0 Å². The number of ether oxygens (including phenoxy) is 1. The van der Waals surface area contributed by atoms with E-state index in [9.17, 15) is 9.59 Å². The van der Waals surface area contributed by atoms with Crippen molar-refractivity contribution in [2.45, 2.75) is 46.1 Å². The summed E-state index contributed by atoms with van der Waals surface area (Å²) in [5.74, 6) is -0.272. The van der Waals surface area contributed by atoms with Crippen LogP contribution in [0, 0.1) is 6.92 Å². The molecule has 5 nitrogen and oxygen atoms in total. The fraction of sp³-hybridized carbons (Fsp3) is 0.556. The number of thiophene rings is 1. The fourth-order valence-corrected chi connectivity index (χ4v) is 4.23. The van der Waals surface area contributed by atoms with Crippen molar-refractivity contribution in [2.75, 3.05) is 19.7 Å². The lowest BCUT2D eigenvalue weighted by Gasteiger charge is -2.21. The van der Waals surface area contributed by atoms with Crippen LogP contribution in [0.2, 0.25) is 0 Å². The molecule has 1 aliphatic rings. The van der Waals surface area contributed by atoms with Crippen molar-refractivity contribution in [2.24, 2.45) is 0 Å². The van der Waals surface area contributed by atoms with Gasteiger partial charge in [-0.15, -0.1) is 11.3 Å². The summed E-state index contributed by atoms with van der Waals surface area (Å²) >= 11 is 1.64. The second-order valence-corrected chi connectivity index (χ2v) is 7.53. The van der Waals surface area contributed by atoms with Crippen LogP contribution in [-0.4, -0.2) is 41.0 Å². The zero-order valence-corrected chi connectivity index (χ0v) is 15.2. The number of aromatic nitrogens is 1. The molecule has 2 aromatic rings. The molecule has 0 spiro atoms. The Morgan fingerprint density at radius 1 is 1.17 bits per heavy atom. The number of esters is 1. The first-order chi connectivity index (χ1) is 11.6. The van der Waals surface area contributed by atoms with E-state index in [1.807, 2.05) is 28.5 Å². The van der Waals surface area contributed by atoms with Crippen molar-refractivity contribution in [1.82, 2.24) is 9.47 Å². The SMILES string of the molecule is CCOC(=O)c1cc2sc(C)cc2n1CC(=O)N1CCCCCC1. The maximum Gasteiger partial charge on any atom is 0.355 e. The molecule has 0 N–H and O–H groups in total. The Balaban J connectivity index is 1.89. The van der Waals surface area contributed by atoms with Crippen molar-refractivity contribution in [3.05, 3.63) is 22.7 Å². The van der Waals surface area contributed by atoms with Gasteiger partial charge in [0.05, 0.1) is 16.8 Å². The topological polar surface area (TPSA) is 51.5 Å². The van der Waals surface area contributed by atoms with Gasteiger partial charge in [0, 0.05) is 18.0 Å². The largest absolute Gasteiger partial charge is 0.461 e. The number of hydrogen-bond donors (Lipinski definition) is 0. The first-order valence-electron chi connectivity index (χ1n) is 8.64. The summed E-state index contributed by atoms with van der Waals surface area (Å²) in [5.41, 5.74) is 1.42. The molecule has 0 saturated carbocycles. The third-order valence-electron chi connectivity index (χ3n) is 4.45. The molecule has 1 saturated heterocycles. The van der Waals surface area contributed by atoms with Gasteiger partial charge in [-0.2, -0.15) is 0 Å². The first kappa shape index (κ1) is 17.0. The minimum absolute atomic E-state index is 0.0869. The van der Waals surface area contributed by atoms with Gasteiger partial charge in [-0.05, 0) is 38.8 Å². The normalized spacial score (nSPS) is 15.5. The lowest BCUT2D eigenvalue weighted by Crippen LogP contribution is -2.35. The summed E-state index contributed by atoms with van der Waals surface area (Å²) in [6.07, 6.45) is 4.51. The van der Waals surface area contributed by atoms with Gasteiger partial charge in [0.25, 0.3) is 0 Å². The molecule has 0 aliphatic carbocycles. The molecular weight excluding hydrogens is 324 g/mol. The lowest BCUT2D eigenvalue weighted by molar-refractivity contribution is -0.131. The van der Waals surface area contributed by atoms with Crippen LogP contribution in [0.4, 0.5) is 0 Å². The predicted molar refractivity (Wildman–Crippen MR) is 95.6 cm³/mol. The number of hydrogen-bond acceptors (Lipinski definition) is 4. The predicted octanol–water partition coefficient (Wildman–Crippen LogP) is 3.59. The Labute approximate surface area is 146 Å². The smallest absolute Gasteiger partial charge is 0.355 e. The van der Waals surface area contributed by atoms with Crippen LogP contribution in [-0.2, 0) is 16.1 Å². The van der Waals surface area contributed by atoms with Crippen LogP contribution < -0.4 is 0 Å². The fourth-order valence-electron chi connectivity index (χ4n) is 3.26. The van der Waals surface area contributed by atoms with Gasteiger partial charge in [-0.3, -0.25) is 4.79 Å². The number of likely N-dealkylation sites (tertiary alicyclic amines) is 1. The van der Waals surface area contributed by atoms with Crippen molar-refractivity contribution in [1.29, 1.82) is 0 Å². The average Bonchev–Trinajstić information content (AvgIpc) is 2.92. The molecule has 0 bridgehead atoms. The number of nitrogens with zero attached hydrogens (tertiary/aromatic N) is 2. The van der Waals surface area contributed by atoms with Gasteiger partial charge < -0.3 is 14.2 Å². The molecule has 0 radical (unpaired) electrons. The van der Waals surface area contributed by atoms with Gasteiger partial charge in [-0.1, -0.05) is 12.8 Å². The molecule has 3 heterocycles. The highest BCUT2D eigenvalue weighted by Gasteiger charge is 2.22. The van der Waals surface area contributed by atoms with E-state index in [1.165, 1.54) is 17.7 Å². The summed E-state index contributed by atoms with van der Waals surface area (Å²) in [4.78, 5) is 28.1. The number of amides is 1. The van der Waals surface area contributed by atoms with Crippen molar-refractivity contribution >= 4 is 33.4 Å². The first-order valence-corrected chi connectivity index (χ1v) is 9.46. The summed E-state index contributed by atoms with van der Waals surface area (Å²) in [7, 11) is 0. The molecule has 1 aliphatic heterocycles. The molecule has 0 aromatic carbocycles. The van der Waals surface area contributed by atoms with E-state index in [0.717, 1.165) is 36.1 Å². The summed E-state index contributed by atoms with van der Waals surface area (Å²) < 4.78 is 8.02. The highest BCUT2D eigenvalue weighted by atomic mass is 32.1. The molecule has 0 unspecified atom stereocenters. The molecule has 1 amide bonds. The van der Waals surface area contributed by atoms with Gasteiger partial charge in [0.15, 0.2) is 0 Å². The molecule has 2 aromatic heterocycles. The minimum Gasteiger partial charge on any atom is -0.461 e. The quantitative estimate of drug-likeness (QED) is 0.794. The van der Waals surface area contributed by atoms with Crippen LogP contribution in [0.15, 0.2) is 12.1 Å². The highest BCUT2D eigenvalue weighted by molar-refractivity contribution is 7.19. The van der Waals surface area contributed by atoms with E-state index in [1.54, 1.807) is 18.3 Å². The Morgan fingerprint density at radius 2 is 1.88 bits per heavy atom. The molecule has 130 valence electrons. The third kappa shape index (κ3) is 3.48. The minimum atomic E-state index is -0.359. The summed E-state index contributed by atoms with van der Waals surface area (Å²) in [5, 5.41) is 0. The molecule has 3 rings (SSSR count). The standard InChI is InChI=1S/C18H24N2O3S/c1-3-23-18(22)15-11-16-14(10-13(2)24-16)20(15)12-17(21)19-8-6-4-5-7-9-19/h10-11H,3-9,12H2,1-2H3. The number of carbonyl (C=O) groups is 2. The molecule has 1 fully saturated rings. The lowest BCUT2D eigenvalue weighted by atomic mass is 10.2. The van der Waals surface area contributed by atoms with Crippen LogP contribution in [0.25, 0.3) is 10.2 Å². The van der Waals surface area contributed by atoms with Crippen LogP contribution in [0.3, 0.4) is 0 Å². The highest BCUT2D eigenvalue weighted by Crippen LogP contribution is 2.29. The number of fused-ring (bicyclic) bond motifs is 1. The second-order valence-electron chi connectivity index (χ2n) is 6.24. The van der Waals surface area contributed by atoms with E-state index >= 15 is 0 Å². The Morgan fingerprint density at radius 3 is 2.54 bits per heavy atom. The average molecular weight is 348 g/mol. The Hall–Kier alpha value is -1.82. The molecular formula is C18H24N2O3S. The van der Waals surface area contributed by atoms with E-state index < -0.39 is 0 Å². The van der Waals surface area contributed by atoms with E-state index in [0.29, 0.717) is 12.3 Å². The van der Waals surface area contributed by atoms with Crippen molar-refractivity contribution < 1.29 is 14.3 Å². The van der Waals surface area contributed by atoms with Crippen molar-refractivity contribution in [3.8, 4) is 0 Å². The number of carbonyl (C=O) groups excluding carboxylic acids is 2. The summed E-state index contributed by atoms with van der Waals surface area (Å²) in [6.45, 7) is 6.00. The molecule has 0 atom stereocenters.